The summed E-state index contributed by atoms with van der Waals surface area (Å²) in [4.78, 5) is 0. The molecule has 0 aromatic heterocycles. The highest BCUT2D eigenvalue weighted by Crippen LogP contribution is 2.35. The van der Waals surface area contributed by atoms with Crippen molar-refractivity contribution in [2.75, 3.05) is 13.2 Å². The van der Waals surface area contributed by atoms with E-state index in [-0.39, 0.29) is 11.7 Å². The topological polar surface area (TPSA) is 18.5 Å². The van der Waals surface area contributed by atoms with Crippen LogP contribution in [0.5, 0.6) is 0 Å². The van der Waals surface area contributed by atoms with Crippen LogP contribution >= 0.6 is 0 Å². The molecule has 2 heteroatoms. The molecule has 0 aromatic rings. The molecule has 12 heavy (non-hydrogen) atoms. The Kier molecular flexibility index (Phi) is 1.97. The van der Waals surface area contributed by atoms with Gasteiger partial charge in [-0.05, 0) is 20.3 Å². The van der Waals surface area contributed by atoms with Gasteiger partial charge in [0, 0.05) is 6.42 Å². The average Bonchev–Trinajstić information content (AvgIpc) is 2.33. The Morgan fingerprint density at radius 1 is 1.50 bits per heavy atom. The molecule has 1 saturated heterocycles. The van der Waals surface area contributed by atoms with Crippen LogP contribution in [0.25, 0.3) is 0 Å². The van der Waals surface area contributed by atoms with Crippen LogP contribution in [0.3, 0.4) is 0 Å². The second-order valence-corrected chi connectivity index (χ2v) is 3.81. The van der Waals surface area contributed by atoms with Gasteiger partial charge in [-0.2, -0.15) is 0 Å². The fourth-order valence-corrected chi connectivity index (χ4v) is 2.05. The van der Waals surface area contributed by atoms with E-state index >= 15 is 0 Å². The van der Waals surface area contributed by atoms with Crippen LogP contribution in [-0.2, 0) is 9.47 Å². The molecule has 0 aliphatic carbocycles. The Balaban J connectivity index is 2.24. The molecule has 2 rings (SSSR count). The van der Waals surface area contributed by atoms with Crippen molar-refractivity contribution in [3.63, 3.8) is 0 Å². The molecule has 0 radical (unpaired) electrons. The second kappa shape index (κ2) is 2.86. The van der Waals surface area contributed by atoms with Crippen molar-refractivity contribution in [2.24, 2.45) is 0 Å². The van der Waals surface area contributed by atoms with Crippen molar-refractivity contribution in [2.45, 2.75) is 38.4 Å². The predicted molar refractivity (Wildman–Crippen MR) is 47.1 cm³/mol. The second-order valence-electron chi connectivity index (χ2n) is 3.81. The summed E-state index contributed by atoms with van der Waals surface area (Å²) in [5.41, 5.74) is 1.36. The van der Waals surface area contributed by atoms with E-state index < -0.39 is 0 Å². The molecule has 68 valence electrons. The van der Waals surface area contributed by atoms with E-state index in [1.807, 2.05) is 0 Å². The van der Waals surface area contributed by atoms with Crippen LogP contribution in [0.4, 0.5) is 0 Å². The SMILES string of the molecule is CC1=C[C@]2(CCO[C@H]2C)OCC1. The molecule has 0 N–H and O–H groups in total. The van der Waals surface area contributed by atoms with E-state index in [2.05, 4.69) is 19.9 Å². The van der Waals surface area contributed by atoms with Crippen LogP contribution in [0.2, 0.25) is 0 Å². The molecule has 2 aliphatic heterocycles. The third kappa shape index (κ3) is 1.19. The summed E-state index contributed by atoms with van der Waals surface area (Å²) in [6, 6.07) is 0. The van der Waals surface area contributed by atoms with Gasteiger partial charge in [0.2, 0.25) is 0 Å². The standard InChI is InChI=1S/C10H16O2/c1-8-3-5-12-10(7-8)4-6-11-9(10)2/h7,9H,3-6H2,1-2H3/t9-,10-/m0/s1. The molecular formula is C10H16O2. The van der Waals surface area contributed by atoms with Gasteiger partial charge in [-0.1, -0.05) is 11.6 Å². The molecule has 0 bridgehead atoms. The summed E-state index contributed by atoms with van der Waals surface area (Å²) in [6.45, 7) is 5.97. The minimum Gasteiger partial charge on any atom is -0.375 e. The van der Waals surface area contributed by atoms with Gasteiger partial charge in [0.15, 0.2) is 0 Å². The Morgan fingerprint density at radius 2 is 2.33 bits per heavy atom. The number of rotatable bonds is 0. The lowest BCUT2D eigenvalue weighted by molar-refractivity contribution is -0.0588. The molecule has 0 amide bonds. The first-order valence-electron chi connectivity index (χ1n) is 4.67. The van der Waals surface area contributed by atoms with Gasteiger partial charge >= 0.3 is 0 Å². The Morgan fingerprint density at radius 3 is 2.92 bits per heavy atom. The molecule has 2 atom stereocenters. The Hall–Kier alpha value is -0.340. The average molecular weight is 168 g/mol. The monoisotopic (exact) mass is 168 g/mol. The Labute approximate surface area is 73.5 Å². The zero-order valence-corrected chi connectivity index (χ0v) is 7.80. The van der Waals surface area contributed by atoms with Crippen LogP contribution in [0, 0.1) is 0 Å². The lowest BCUT2D eigenvalue weighted by Crippen LogP contribution is -2.40. The van der Waals surface area contributed by atoms with Crippen LogP contribution < -0.4 is 0 Å². The highest BCUT2D eigenvalue weighted by Gasteiger charge is 2.42. The fraction of sp³-hybridized carbons (Fsp3) is 0.800. The van der Waals surface area contributed by atoms with E-state index in [0.29, 0.717) is 0 Å². The first-order valence-corrected chi connectivity index (χ1v) is 4.67. The molecule has 2 nitrogen and oxygen atoms in total. The van der Waals surface area contributed by atoms with Gasteiger partial charge in [-0.25, -0.2) is 0 Å². The highest BCUT2D eigenvalue weighted by molar-refractivity contribution is 5.16. The molecule has 0 unspecified atom stereocenters. The Bertz CT molecular complexity index is 210. The summed E-state index contributed by atoms with van der Waals surface area (Å²) >= 11 is 0. The van der Waals surface area contributed by atoms with Crippen LogP contribution in [-0.4, -0.2) is 24.9 Å². The number of ether oxygens (including phenoxy) is 2. The molecule has 2 heterocycles. The van der Waals surface area contributed by atoms with Gasteiger partial charge in [0.05, 0.1) is 19.3 Å². The lowest BCUT2D eigenvalue weighted by Gasteiger charge is -2.33. The molecular weight excluding hydrogens is 152 g/mol. The van der Waals surface area contributed by atoms with E-state index in [4.69, 9.17) is 9.47 Å². The van der Waals surface area contributed by atoms with E-state index in [9.17, 15) is 0 Å². The quantitative estimate of drug-likeness (QED) is 0.514. The zero-order valence-electron chi connectivity index (χ0n) is 7.80. The summed E-state index contributed by atoms with van der Waals surface area (Å²) in [5, 5.41) is 0. The summed E-state index contributed by atoms with van der Waals surface area (Å²) in [7, 11) is 0. The molecule has 1 fully saturated rings. The zero-order chi connectivity index (χ0) is 8.60. The first kappa shape index (κ1) is 8.27. The van der Waals surface area contributed by atoms with Crippen LogP contribution in [0.1, 0.15) is 26.7 Å². The highest BCUT2D eigenvalue weighted by atomic mass is 16.6. The lowest BCUT2D eigenvalue weighted by atomic mass is 9.91. The number of hydrogen-bond acceptors (Lipinski definition) is 2. The predicted octanol–water partition coefficient (Wildman–Crippen LogP) is 1.90. The van der Waals surface area contributed by atoms with Crippen molar-refractivity contribution in [3.05, 3.63) is 11.6 Å². The van der Waals surface area contributed by atoms with Gasteiger partial charge in [0.25, 0.3) is 0 Å². The maximum atomic E-state index is 5.81. The van der Waals surface area contributed by atoms with Gasteiger partial charge in [-0.15, -0.1) is 0 Å². The van der Waals surface area contributed by atoms with Gasteiger partial charge < -0.3 is 9.47 Å². The third-order valence-corrected chi connectivity index (χ3v) is 2.91. The fourth-order valence-electron chi connectivity index (χ4n) is 2.05. The van der Waals surface area contributed by atoms with Crippen LogP contribution in [0.15, 0.2) is 11.6 Å². The van der Waals surface area contributed by atoms with Crippen molar-refractivity contribution in [1.29, 1.82) is 0 Å². The van der Waals surface area contributed by atoms with Crippen molar-refractivity contribution in [1.82, 2.24) is 0 Å². The summed E-state index contributed by atoms with van der Waals surface area (Å²) in [6.07, 6.45) is 4.58. The largest absolute Gasteiger partial charge is 0.375 e. The molecule has 1 spiro atoms. The summed E-state index contributed by atoms with van der Waals surface area (Å²) < 4.78 is 11.3. The first-order chi connectivity index (χ1) is 5.73. The molecule has 2 aliphatic rings. The van der Waals surface area contributed by atoms with E-state index in [1.54, 1.807) is 0 Å². The summed E-state index contributed by atoms with van der Waals surface area (Å²) in [5.74, 6) is 0. The number of hydrogen-bond donors (Lipinski definition) is 0. The molecule has 0 aromatic carbocycles. The minimum absolute atomic E-state index is 0.0810. The maximum absolute atomic E-state index is 5.81. The van der Waals surface area contributed by atoms with Crippen molar-refractivity contribution in [3.8, 4) is 0 Å². The van der Waals surface area contributed by atoms with E-state index in [1.165, 1.54) is 5.57 Å². The van der Waals surface area contributed by atoms with Crippen molar-refractivity contribution < 1.29 is 9.47 Å². The minimum atomic E-state index is -0.0810. The van der Waals surface area contributed by atoms with Gasteiger partial charge in [0.1, 0.15) is 5.60 Å². The smallest absolute Gasteiger partial charge is 0.114 e. The molecule has 0 saturated carbocycles. The van der Waals surface area contributed by atoms with Gasteiger partial charge in [-0.3, -0.25) is 0 Å². The maximum Gasteiger partial charge on any atom is 0.114 e. The van der Waals surface area contributed by atoms with Crippen molar-refractivity contribution >= 4 is 0 Å². The normalized spacial score (nSPS) is 41.8. The van der Waals surface area contributed by atoms with E-state index in [0.717, 1.165) is 26.1 Å². The third-order valence-electron chi connectivity index (χ3n) is 2.91.